The molecule has 0 aliphatic rings. The van der Waals surface area contributed by atoms with Crippen LogP contribution >= 0.6 is 27.3 Å². The topological polar surface area (TPSA) is 57.0 Å². The van der Waals surface area contributed by atoms with Gasteiger partial charge in [-0.1, -0.05) is 129 Å². The number of hydrogen-bond donors (Lipinski definition) is 2. The molecule has 2 heterocycles. The summed E-state index contributed by atoms with van der Waals surface area (Å²) in [6, 6.07) is 4.47. The predicted octanol–water partition coefficient (Wildman–Crippen LogP) is 12.2. The van der Waals surface area contributed by atoms with Crippen molar-refractivity contribution < 1.29 is 0 Å². The van der Waals surface area contributed by atoms with Crippen molar-refractivity contribution in [1.82, 2.24) is 4.57 Å². The molecule has 39 heavy (non-hydrogen) atoms. The van der Waals surface area contributed by atoms with Crippen molar-refractivity contribution in [2.75, 3.05) is 11.5 Å². The monoisotopic (exact) mass is 617 g/mol. The van der Waals surface area contributed by atoms with Gasteiger partial charge in [-0.15, -0.1) is 11.3 Å². The normalized spacial score (nSPS) is 12.7. The first-order valence-corrected chi connectivity index (χ1v) is 18.0. The molecule has 0 saturated carbocycles. The molecule has 1 unspecified atom stereocenters. The van der Waals surface area contributed by atoms with Crippen LogP contribution in [0.2, 0.25) is 0 Å². The molecule has 1 atom stereocenters. The van der Waals surface area contributed by atoms with E-state index < -0.39 is 0 Å². The van der Waals surface area contributed by atoms with Gasteiger partial charge in [0.25, 0.3) is 0 Å². The summed E-state index contributed by atoms with van der Waals surface area (Å²) >= 11 is 5.46. The molecule has 0 aliphatic heterocycles. The van der Waals surface area contributed by atoms with Crippen molar-refractivity contribution in [3.05, 3.63) is 22.0 Å². The lowest BCUT2D eigenvalue weighted by Crippen LogP contribution is -2.11. The van der Waals surface area contributed by atoms with Gasteiger partial charge in [-0.3, -0.25) is 0 Å². The minimum absolute atomic E-state index is 0.663. The summed E-state index contributed by atoms with van der Waals surface area (Å²) in [5.41, 5.74) is 16.8. The molecule has 0 fully saturated rings. The Morgan fingerprint density at radius 2 is 1.18 bits per heavy atom. The smallest absolute Gasteiger partial charge is 0.0700 e. The Morgan fingerprint density at radius 1 is 0.692 bits per heavy atom. The first-order valence-electron chi connectivity index (χ1n) is 16.3. The predicted molar refractivity (Wildman–Crippen MR) is 181 cm³/mol. The van der Waals surface area contributed by atoms with Crippen molar-refractivity contribution in [3.8, 4) is 0 Å². The zero-order chi connectivity index (χ0) is 27.9. The highest BCUT2D eigenvalue weighted by Gasteiger charge is 2.20. The van der Waals surface area contributed by atoms with Crippen LogP contribution in [0.3, 0.4) is 0 Å². The zero-order valence-corrected chi connectivity index (χ0v) is 27.4. The molecule has 3 rings (SSSR count). The van der Waals surface area contributed by atoms with Crippen LogP contribution in [0.1, 0.15) is 142 Å². The summed E-state index contributed by atoms with van der Waals surface area (Å²) in [6.45, 7) is 5.68. The van der Waals surface area contributed by atoms with Crippen molar-refractivity contribution in [3.63, 3.8) is 0 Å². The molecule has 0 bridgehead atoms. The second-order valence-electron chi connectivity index (χ2n) is 11.9. The lowest BCUT2D eigenvalue weighted by Gasteiger charge is -2.20. The Kier molecular flexibility index (Phi) is 15.1. The number of thiophene rings is 1. The minimum atomic E-state index is 0.663. The second kappa shape index (κ2) is 18.3. The molecule has 0 radical (unpaired) electrons. The molecule has 4 N–H and O–H groups in total. The van der Waals surface area contributed by atoms with Gasteiger partial charge in [0, 0.05) is 16.4 Å². The highest BCUT2D eigenvalue weighted by atomic mass is 79.9. The summed E-state index contributed by atoms with van der Waals surface area (Å²) in [4.78, 5) is 0. The molecule has 0 saturated heterocycles. The van der Waals surface area contributed by atoms with Crippen LogP contribution in [-0.4, -0.2) is 4.57 Å². The van der Waals surface area contributed by atoms with E-state index in [9.17, 15) is 0 Å². The number of nitrogens with zero attached hydrogens (tertiary/aromatic N) is 1. The van der Waals surface area contributed by atoms with Crippen LogP contribution in [0.4, 0.5) is 11.4 Å². The van der Waals surface area contributed by atoms with E-state index in [-0.39, 0.29) is 0 Å². The van der Waals surface area contributed by atoms with Crippen molar-refractivity contribution in [2.45, 2.75) is 149 Å². The summed E-state index contributed by atoms with van der Waals surface area (Å²) in [7, 11) is 0. The quantitative estimate of drug-likeness (QED) is 0.0869. The van der Waals surface area contributed by atoms with E-state index in [2.05, 4.69) is 51.9 Å². The molecular weight excluding hydrogens is 562 g/mol. The van der Waals surface area contributed by atoms with Gasteiger partial charge in [-0.2, -0.15) is 0 Å². The van der Waals surface area contributed by atoms with Crippen LogP contribution in [0, 0.1) is 5.92 Å². The highest BCUT2D eigenvalue weighted by Crippen LogP contribution is 2.42. The minimum Gasteiger partial charge on any atom is -0.396 e. The van der Waals surface area contributed by atoms with E-state index in [1.54, 1.807) is 11.3 Å². The van der Waals surface area contributed by atoms with E-state index >= 15 is 0 Å². The highest BCUT2D eigenvalue weighted by molar-refractivity contribution is 9.10. The number of unbranched alkanes of at least 4 members (excludes halogenated alkanes) is 16. The molecule has 1 aromatic carbocycles. The van der Waals surface area contributed by atoms with E-state index in [4.69, 9.17) is 11.5 Å². The van der Waals surface area contributed by atoms with Gasteiger partial charge in [0.15, 0.2) is 0 Å². The molecule has 220 valence electrons. The summed E-state index contributed by atoms with van der Waals surface area (Å²) in [5, 5.41) is 3.35. The van der Waals surface area contributed by atoms with Crippen molar-refractivity contribution in [2.24, 2.45) is 5.92 Å². The Morgan fingerprint density at radius 3 is 1.69 bits per heavy atom. The second-order valence-corrected chi connectivity index (χ2v) is 13.7. The van der Waals surface area contributed by atoms with Gasteiger partial charge < -0.3 is 16.0 Å². The van der Waals surface area contributed by atoms with Crippen LogP contribution in [0.15, 0.2) is 22.0 Å². The van der Waals surface area contributed by atoms with Crippen LogP contribution in [0.5, 0.6) is 0 Å². The molecule has 0 spiro atoms. The zero-order valence-electron chi connectivity index (χ0n) is 25.0. The number of nitrogens with two attached hydrogens (primary N) is 2. The van der Waals surface area contributed by atoms with Crippen molar-refractivity contribution >= 4 is 59.8 Å². The Balaban J connectivity index is 1.58. The molecule has 2 aromatic heterocycles. The lowest BCUT2D eigenvalue weighted by atomic mass is 9.93. The molecule has 3 aromatic rings. The number of rotatable bonds is 22. The van der Waals surface area contributed by atoms with Gasteiger partial charge in [-0.25, -0.2) is 0 Å². The SMILES string of the molecule is CCCCCCCCCCCCC(CCCCCCCCCC)Cn1c2ccsc2c2c(N)c(N)c(Br)cc21. The van der Waals surface area contributed by atoms with Gasteiger partial charge in [-0.05, 0) is 52.2 Å². The van der Waals surface area contributed by atoms with E-state index in [0.717, 1.165) is 28.0 Å². The van der Waals surface area contributed by atoms with Gasteiger partial charge >= 0.3 is 0 Å². The molecule has 0 aliphatic carbocycles. The maximum Gasteiger partial charge on any atom is 0.0700 e. The maximum atomic E-state index is 6.56. The summed E-state index contributed by atoms with van der Waals surface area (Å²) < 4.78 is 4.74. The average molecular weight is 619 g/mol. The number of aromatic nitrogens is 1. The van der Waals surface area contributed by atoms with Crippen LogP contribution in [-0.2, 0) is 6.54 Å². The molecule has 0 amide bonds. The number of halogens is 1. The van der Waals surface area contributed by atoms with E-state index in [1.165, 1.54) is 144 Å². The number of anilines is 2. The molecule has 3 nitrogen and oxygen atoms in total. The molecule has 5 heteroatoms. The van der Waals surface area contributed by atoms with Gasteiger partial charge in [0.2, 0.25) is 0 Å². The van der Waals surface area contributed by atoms with E-state index in [1.807, 2.05) is 0 Å². The number of fused-ring (bicyclic) bond motifs is 3. The fraction of sp³-hybridized carbons (Fsp3) is 0.706. The van der Waals surface area contributed by atoms with Gasteiger partial charge in [0.05, 0.1) is 27.1 Å². The van der Waals surface area contributed by atoms with E-state index in [0.29, 0.717) is 5.69 Å². The van der Waals surface area contributed by atoms with Crippen molar-refractivity contribution in [1.29, 1.82) is 0 Å². The average Bonchev–Trinajstić information content (AvgIpc) is 3.51. The third-order valence-corrected chi connectivity index (χ3v) is 10.2. The third-order valence-electron chi connectivity index (χ3n) is 8.66. The largest absolute Gasteiger partial charge is 0.396 e. The number of benzene rings is 1. The van der Waals surface area contributed by atoms with Gasteiger partial charge in [0.1, 0.15) is 0 Å². The Hall–Kier alpha value is -1.20. The summed E-state index contributed by atoms with van der Waals surface area (Å²) in [6.07, 6.45) is 27.8. The van der Waals surface area contributed by atoms with Crippen LogP contribution < -0.4 is 11.5 Å². The fourth-order valence-corrected chi connectivity index (χ4v) is 7.62. The number of hydrogen-bond acceptors (Lipinski definition) is 3. The lowest BCUT2D eigenvalue weighted by molar-refractivity contribution is 0.364. The summed E-state index contributed by atoms with van der Waals surface area (Å²) in [5.74, 6) is 0.718. The standard InChI is InChI=1S/C34H56BrN3S/c1-3-5-7-9-11-13-14-16-18-20-22-27(21-19-17-15-12-10-8-6-4-2)26-38-29-23-24-39-34(29)31-30(38)25-28(35)32(36)33(31)37/h23-25,27H,3-22,26,36-37H2,1-2H3. The maximum absolute atomic E-state index is 6.56. The third kappa shape index (κ3) is 9.99. The molecular formula is C34H56BrN3S. The Labute approximate surface area is 251 Å². The van der Waals surface area contributed by atoms with Crippen LogP contribution in [0.25, 0.3) is 21.1 Å². The Bertz CT molecular complexity index is 1090. The fourth-order valence-electron chi connectivity index (χ4n) is 6.22. The first kappa shape index (κ1) is 32.3. The number of nitrogen functional groups attached to an aromatic ring is 2. The first-order chi connectivity index (χ1) is 19.1.